The van der Waals surface area contributed by atoms with Crippen LogP contribution in [0.3, 0.4) is 0 Å². The molecule has 0 fully saturated rings. The first-order valence-corrected chi connectivity index (χ1v) is 16.7. The number of amides is 2. The number of carboxylic acid groups (broad SMARTS) is 2. The highest BCUT2D eigenvalue weighted by Crippen LogP contribution is 2.13. The van der Waals surface area contributed by atoms with Gasteiger partial charge < -0.3 is 30.3 Å². The first kappa shape index (κ1) is 41.7. The lowest BCUT2D eigenvalue weighted by Crippen LogP contribution is -2.46. The van der Waals surface area contributed by atoms with Crippen LogP contribution in [-0.4, -0.2) is 123 Å². The van der Waals surface area contributed by atoms with Crippen LogP contribution in [0.25, 0.3) is 0 Å². The molecule has 0 bridgehead atoms. The molecule has 0 spiro atoms. The number of hydrogen-bond acceptors (Lipinski definition) is 8. The van der Waals surface area contributed by atoms with Gasteiger partial charge in [-0.1, -0.05) is 66.2 Å². The van der Waals surface area contributed by atoms with Gasteiger partial charge in [-0.25, -0.2) is 0 Å². The van der Waals surface area contributed by atoms with Gasteiger partial charge >= 0.3 is 11.9 Å². The number of aliphatic carboxylic acids is 2. The topological polar surface area (TPSA) is 158 Å². The molecule has 0 aromatic carbocycles. The Hall–Kier alpha value is -2.28. The van der Waals surface area contributed by atoms with Crippen LogP contribution in [0, 0.1) is 11.8 Å². The Labute approximate surface area is 265 Å². The quantitative estimate of drug-likeness (QED) is 0.0839. The van der Waals surface area contributed by atoms with E-state index in [0.717, 1.165) is 38.9 Å². The van der Waals surface area contributed by atoms with Crippen molar-refractivity contribution >= 4 is 23.8 Å². The highest BCUT2D eigenvalue weighted by molar-refractivity contribution is 5.79. The zero-order valence-electron chi connectivity index (χ0n) is 27.9. The van der Waals surface area contributed by atoms with Crippen molar-refractivity contribution < 1.29 is 38.9 Å². The number of rotatable bonds is 31. The predicted molar refractivity (Wildman–Crippen MR) is 172 cm³/mol. The number of hydrogen-bond donors (Lipinski definition) is 4. The number of carboxylic acids is 2. The van der Waals surface area contributed by atoms with Gasteiger partial charge in [0.1, 0.15) is 0 Å². The maximum Gasteiger partial charge on any atom is 0.317 e. The predicted octanol–water partition coefficient (Wildman–Crippen LogP) is 3.24. The second kappa shape index (κ2) is 28.2. The first-order chi connectivity index (χ1) is 21.1. The summed E-state index contributed by atoms with van der Waals surface area (Å²) in [7, 11) is 0. The molecule has 2 atom stereocenters. The highest BCUT2D eigenvalue weighted by atomic mass is 16.5. The number of nitrogens with one attached hydrogen (secondary N) is 2. The molecule has 0 aromatic rings. The van der Waals surface area contributed by atoms with E-state index >= 15 is 0 Å². The summed E-state index contributed by atoms with van der Waals surface area (Å²) in [6.45, 7) is 11.2. The van der Waals surface area contributed by atoms with Crippen LogP contribution < -0.4 is 10.6 Å². The molecule has 258 valence electrons. The Morgan fingerprint density at radius 2 is 1.00 bits per heavy atom. The second-order valence-electron chi connectivity index (χ2n) is 11.6. The fourth-order valence-corrected chi connectivity index (χ4v) is 4.71. The summed E-state index contributed by atoms with van der Waals surface area (Å²) in [4.78, 5) is 50.6. The van der Waals surface area contributed by atoms with Gasteiger partial charge in [-0.15, -0.1) is 0 Å². The molecule has 0 aromatic heterocycles. The van der Waals surface area contributed by atoms with Crippen molar-refractivity contribution in [2.24, 2.45) is 11.8 Å². The average Bonchev–Trinajstić information content (AvgIpc) is 2.97. The number of nitrogens with zero attached hydrogens (tertiary/aromatic N) is 2. The van der Waals surface area contributed by atoms with Crippen molar-refractivity contribution in [3.8, 4) is 0 Å². The van der Waals surface area contributed by atoms with Crippen molar-refractivity contribution in [2.45, 2.75) is 91.9 Å². The number of carbonyl (C=O) groups excluding carboxylic acids is 2. The van der Waals surface area contributed by atoms with Crippen LogP contribution >= 0.6 is 0 Å². The molecular formula is C32H62N4O8. The third kappa shape index (κ3) is 25.1. The van der Waals surface area contributed by atoms with Crippen LogP contribution in [0.2, 0.25) is 0 Å². The van der Waals surface area contributed by atoms with Crippen LogP contribution in [0.15, 0.2) is 0 Å². The summed E-state index contributed by atoms with van der Waals surface area (Å²) < 4.78 is 11.5. The molecule has 2 unspecified atom stereocenters. The zero-order chi connectivity index (χ0) is 33.0. The third-order valence-electron chi connectivity index (χ3n) is 7.55. The van der Waals surface area contributed by atoms with Gasteiger partial charge in [0.05, 0.1) is 26.2 Å². The van der Waals surface area contributed by atoms with E-state index in [4.69, 9.17) is 9.47 Å². The molecule has 4 N–H and O–H groups in total. The van der Waals surface area contributed by atoms with Gasteiger partial charge in [0.15, 0.2) is 0 Å². The summed E-state index contributed by atoms with van der Waals surface area (Å²) in [5.74, 6) is -1.72. The largest absolute Gasteiger partial charge is 0.480 e. The van der Waals surface area contributed by atoms with Gasteiger partial charge in [-0.3, -0.25) is 29.0 Å². The monoisotopic (exact) mass is 630 g/mol. The molecule has 2 amide bonds. The molecule has 44 heavy (non-hydrogen) atoms. The fourth-order valence-electron chi connectivity index (χ4n) is 4.71. The zero-order valence-corrected chi connectivity index (χ0v) is 27.9. The molecule has 0 saturated carbocycles. The van der Waals surface area contributed by atoms with Gasteiger partial charge in [0, 0.05) is 52.6 Å². The lowest BCUT2D eigenvalue weighted by Gasteiger charge is -2.25. The Bertz CT molecular complexity index is 709. The van der Waals surface area contributed by atoms with E-state index in [1.165, 1.54) is 35.5 Å². The molecule has 0 aliphatic carbocycles. The van der Waals surface area contributed by atoms with Crippen molar-refractivity contribution in [2.75, 3.05) is 78.8 Å². The smallest absolute Gasteiger partial charge is 0.317 e. The number of carbonyl (C=O) groups is 4. The molecular weight excluding hydrogens is 568 g/mol. The van der Waals surface area contributed by atoms with E-state index in [9.17, 15) is 29.4 Å². The molecule has 0 radical (unpaired) electrons. The van der Waals surface area contributed by atoms with Gasteiger partial charge in [-0.2, -0.15) is 0 Å². The summed E-state index contributed by atoms with van der Waals surface area (Å²) >= 11 is 0. The van der Waals surface area contributed by atoms with Crippen LogP contribution in [0.1, 0.15) is 91.9 Å². The lowest BCUT2D eigenvalue weighted by molar-refractivity contribution is -0.141. The van der Waals surface area contributed by atoms with E-state index in [1.54, 1.807) is 0 Å². The minimum absolute atomic E-state index is 0.115. The normalized spacial score (nSPS) is 12.8. The maximum atomic E-state index is 12.5. The number of ether oxygens (including phenoxy) is 2. The van der Waals surface area contributed by atoms with E-state index in [1.807, 2.05) is 0 Å². The van der Waals surface area contributed by atoms with E-state index in [-0.39, 0.29) is 51.1 Å². The van der Waals surface area contributed by atoms with Crippen molar-refractivity contribution in [3.05, 3.63) is 0 Å². The van der Waals surface area contributed by atoms with Crippen molar-refractivity contribution in [1.82, 2.24) is 20.4 Å². The summed E-state index contributed by atoms with van der Waals surface area (Å²) in [6, 6.07) is 0. The van der Waals surface area contributed by atoms with E-state index < -0.39 is 11.9 Å². The first-order valence-electron chi connectivity index (χ1n) is 16.7. The Kier molecular flexibility index (Phi) is 26.7. The van der Waals surface area contributed by atoms with Crippen LogP contribution in [0.5, 0.6) is 0 Å². The summed E-state index contributed by atoms with van der Waals surface area (Å²) in [6.07, 6.45) is 10.5. The fraction of sp³-hybridized carbons (Fsp3) is 0.875. The van der Waals surface area contributed by atoms with Gasteiger partial charge in [0.2, 0.25) is 11.8 Å². The standard InChI is InChI=1S/C32H62N4O8/c1-5-9-13-27(7-3)25-43-19-11-15-33-29(37)21-35(23-31(39)40)17-18-36(24-32(41)42)22-30(38)34-16-12-20-44-26-28(8-4)14-10-6-2/h27-28H,5-26H2,1-4H3,(H,33,37)(H,34,38)(H,39,40)(H,41,42). The Morgan fingerprint density at radius 1 is 0.614 bits per heavy atom. The molecule has 0 saturated heterocycles. The highest BCUT2D eigenvalue weighted by Gasteiger charge is 2.19. The maximum absolute atomic E-state index is 12.5. The van der Waals surface area contributed by atoms with Crippen molar-refractivity contribution in [1.29, 1.82) is 0 Å². The minimum Gasteiger partial charge on any atom is -0.480 e. The number of unbranched alkanes of at least 4 members (excludes halogenated alkanes) is 2. The second-order valence-corrected chi connectivity index (χ2v) is 11.6. The van der Waals surface area contributed by atoms with Crippen molar-refractivity contribution in [3.63, 3.8) is 0 Å². The van der Waals surface area contributed by atoms with Crippen LogP contribution in [-0.2, 0) is 28.7 Å². The molecule has 0 rings (SSSR count). The summed E-state index contributed by atoms with van der Waals surface area (Å²) in [5, 5.41) is 24.2. The minimum atomic E-state index is -1.10. The average molecular weight is 631 g/mol. The molecule has 0 heterocycles. The van der Waals surface area contributed by atoms with Gasteiger partial charge in [0.25, 0.3) is 0 Å². The van der Waals surface area contributed by atoms with Gasteiger partial charge in [-0.05, 0) is 37.5 Å². The third-order valence-corrected chi connectivity index (χ3v) is 7.55. The molecule has 0 aliphatic rings. The van der Waals surface area contributed by atoms with Crippen LogP contribution in [0.4, 0.5) is 0 Å². The molecule has 12 heteroatoms. The SMILES string of the molecule is CCCCC(CC)COCCCNC(=O)CN(CCN(CC(=O)O)CC(=O)NCCCOCC(CC)CCCC)CC(=O)O. The van der Waals surface area contributed by atoms with E-state index in [2.05, 4.69) is 38.3 Å². The van der Waals surface area contributed by atoms with E-state index in [0.29, 0.717) is 51.0 Å². The Morgan fingerprint density at radius 3 is 1.32 bits per heavy atom. The summed E-state index contributed by atoms with van der Waals surface area (Å²) in [5.41, 5.74) is 0. The lowest BCUT2D eigenvalue weighted by atomic mass is 10.0. The Balaban J connectivity index is 4.50. The molecule has 12 nitrogen and oxygen atoms in total. The molecule has 0 aliphatic heterocycles.